The normalized spacial score (nSPS) is 25.6. The minimum atomic E-state index is -3.68. The standard InChI is InChI=1S/C21H21NO6S/c23-17-11-18-20(15-8-4-5-13(21(15)28-18)9-10-19(24)25)16(17)12-22-29(26,27)14-6-2-1-3-7-14/h1-10,16-18,20,22-23H,11-12H2,(H,24,25)/b10-9+. The Morgan fingerprint density at radius 2 is 1.93 bits per heavy atom. The van der Waals surface area contributed by atoms with Crippen LogP contribution in [-0.4, -0.2) is 43.4 Å². The highest BCUT2D eigenvalue weighted by atomic mass is 32.2. The van der Waals surface area contributed by atoms with Gasteiger partial charge in [-0.15, -0.1) is 0 Å². The molecule has 3 N–H and O–H groups in total. The van der Waals surface area contributed by atoms with Gasteiger partial charge in [-0.3, -0.25) is 0 Å². The Morgan fingerprint density at radius 1 is 1.17 bits per heavy atom. The van der Waals surface area contributed by atoms with E-state index in [-0.39, 0.29) is 29.4 Å². The maximum atomic E-state index is 12.5. The van der Waals surface area contributed by atoms with Crippen LogP contribution in [0.4, 0.5) is 0 Å². The number of aliphatic hydroxyl groups excluding tert-OH is 1. The molecule has 8 heteroatoms. The van der Waals surface area contributed by atoms with Gasteiger partial charge in [0.05, 0.1) is 11.0 Å². The molecule has 4 atom stereocenters. The summed E-state index contributed by atoms with van der Waals surface area (Å²) in [5, 5.41) is 19.4. The van der Waals surface area contributed by atoms with Crippen molar-refractivity contribution in [1.82, 2.24) is 4.72 Å². The Hall–Kier alpha value is -2.68. The van der Waals surface area contributed by atoms with E-state index in [2.05, 4.69) is 4.72 Å². The van der Waals surface area contributed by atoms with Crippen LogP contribution < -0.4 is 9.46 Å². The highest BCUT2D eigenvalue weighted by Crippen LogP contribution is 2.51. The van der Waals surface area contributed by atoms with Crippen molar-refractivity contribution >= 4 is 22.1 Å². The average molecular weight is 415 g/mol. The topological polar surface area (TPSA) is 113 Å². The molecule has 1 aliphatic carbocycles. The number of ether oxygens (including phenoxy) is 1. The predicted molar refractivity (Wildman–Crippen MR) is 106 cm³/mol. The molecule has 0 spiro atoms. The van der Waals surface area contributed by atoms with Gasteiger partial charge >= 0.3 is 5.97 Å². The lowest BCUT2D eigenvalue weighted by molar-refractivity contribution is -0.131. The fourth-order valence-corrected chi connectivity index (χ4v) is 5.29. The fraction of sp³-hybridized carbons (Fsp3) is 0.286. The molecule has 0 aromatic heterocycles. The lowest BCUT2D eigenvalue weighted by Gasteiger charge is -2.21. The van der Waals surface area contributed by atoms with Gasteiger partial charge in [-0.05, 0) is 18.2 Å². The molecule has 2 aromatic carbocycles. The second-order valence-corrected chi connectivity index (χ2v) is 9.02. The summed E-state index contributed by atoms with van der Waals surface area (Å²) in [6, 6.07) is 13.5. The molecule has 4 rings (SSSR count). The molecule has 0 radical (unpaired) electrons. The number of nitrogens with one attached hydrogen (secondary N) is 1. The fourth-order valence-electron chi connectivity index (χ4n) is 4.19. The molecule has 1 aliphatic heterocycles. The first-order valence-electron chi connectivity index (χ1n) is 9.30. The molecule has 1 heterocycles. The van der Waals surface area contributed by atoms with E-state index in [4.69, 9.17) is 9.84 Å². The van der Waals surface area contributed by atoms with Crippen molar-refractivity contribution in [2.75, 3.05) is 6.54 Å². The third-order valence-corrected chi connectivity index (χ3v) is 6.94. The number of para-hydroxylation sites is 1. The zero-order chi connectivity index (χ0) is 20.6. The molecule has 152 valence electrons. The number of benzene rings is 2. The Kier molecular flexibility index (Phi) is 5.16. The summed E-state index contributed by atoms with van der Waals surface area (Å²) in [5.41, 5.74) is 1.51. The number of aliphatic hydroxyl groups is 1. The van der Waals surface area contributed by atoms with E-state index < -0.39 is 22.1 Å². The van der Waals surface area contributed by atoms with Crippen molar-refractivity contribution in [2.24, 2.45) is 5.92 Å². The van der Waals surface area contributed by atoms with Crippen LogP contribution in [0.15, 0.2) is 59.5 Å². The second-order valence-electron chi connectivity index (χ2n) is 7.25. The molecule has 2 aromatic rings. The minimum Gasteiger partial charge on any atom is -0.489 e. The highest BCUT2D eigenvalue weighted by Gasteiger charge is 2.50. The molecule has 7 nitrogen and oxygen atoms in total. The number of carboxylic acid groups (broad SMARTS) is 1. The Morgan fingerprint density at radius 3 is 2.66 bits per heavy atom. The summed E-state index contributed by atoms with van der Waals surface area (Å²) in [7, 11) is -3.68. The van der Waals surface area contributed by atoms with Gasteiger partial charge in [-0.2, -0.15) is 0 Å². The number of sulfonamides is 1. The lowest BCUT2D eigenvalue weighted by atomic mass is 9.87. The first kappa shape index (κ1) is 19.6. The van der Waals surface area contributed by atoms with Crippen molar-refractivity contribution in [3.05, 3.63) is 65.7 Å². The van der Waals surface area contributed by atoms with Crippen molar-refractivity contribution in [2.45, 2.75) is 29.4 Å². The van der Waals surface area contributed by atoms with E-state index in [0.29, 0.717) is 17.7 Å². The zero-order valence-corrected chi connectivity index (χ0v) is 16.2. The van der Waals surface area contributed by atoms with Crippen LogP contribution in [0.5, 0.6) is 5.75 Å². The Labute approximate surface area is 168 Å². The number of hydrogen-bond acceptors (Lipinski definition) is 5. The molecule has 29 heavy (non-hydrogen) atoms. The van der Waals surface area contributed by atoms with Crippen molar-refractivity contribution in [1.29, 1.82) is 0 Å². The number of rotatable bonds is 6. The Balaban J connectivity index is 1.57. The van der Waals surface area contributed by atoms with Crippen LogP contribution in [0.3, 0.4) is 0 Å². The van der Waals surface area contributed by atoms with Crippen LogP contribution in [0, 0.1) is 5.92 Å². The molecule has 0 amide bonds. The summed E-state index contributed by atoms with van der Waals surface area (Å²) in [5.74, 6) is -0.970. The van der Waals surface area contributed by atoms with Crippen LogP contribution in [-0.2, 0) is 14.8 Å². The summed E-state index contributed by atoms with van der Waals surface area (Å²) in [6.07, 6.45) is 1.94. The van der Waals surface area contributed by atoms with E-state index in [1.807, 2.05) is 12.1 Å². The van der Waals surface area contributed by atoms with Gasteiger partial charge in [0.2, 0.25) is 10.0 Å². The molecule has 2 aliphatic rings. The molecular formula is C21H21NO6S. The number of hydrogen-bond donors (Lipinski definition) is 3. The molecule has 0 saturated heterocycles. The van der Waals surface area contributed by atoms with Crippen LogP contribution in [0.25, 0.3) is 6.08 Å². The maximum Gasteiger partial charge on any atom is 0.328 e. The van der Waals surface area contributed by atoms with Gasteiger partial charge in [0.1, 0.15) is 11.9 Å². The summed E-state index contributed by atoms with van der Waals surface area (Å²) >= 11 is 0. The number of fused-ring (bicyclic) bond motifs is 3. The molecule has 1 saturated carbocycles. The minimum absolute atomic E-state index is 0.0809. The molecule has 4 unspecified atom stereocenters. The van der Waals surface area contributed by atoms with Gasteiger partial charge in [0, 0.05) is 42.0 Å². The van der Waals surface area contributed by atoms with Crippen LogP contribution in [0.2, 0.25) is 0 Å². The average Bonchev–Trinajstić information content (AvgIpc) is 3.20. The maximum absolute atomic E-state index is 12.5. The second kappa shape index (κ2) is 7.62. The monoisotopic (exact) mass is 415 g/mol. The van der Waals surface area contributed by atoms with Crippen molar-refractivity contribution in [3.63, 3.8) is 0 Å². The van der Waals surface area contributed by atoms with E-state index in [1.165, 1.54) is 18.2 Å². The summed E-state index contributed by atoms with van der Waals surface area (Å²) < 4.78 is 33.7. The highest BCUT2D eigenvalue weighted by molar-refractivity contribution is 7.89. The SMILES string of the molecule is O=C(O)/C=C/c1cccc2c1OC1CC(O)C(CNS(=O)(=O)c3ccccc3)C21. The van der Waals surface area contributed by atoms with Gasteiger partial charge in [-0.1, -0.05) is 36.4 Å². The smallest absolute Gasteiger partial charge is 0.328 e. The molecule has 0 bridgehead atoms. The van der Waals surface area contributed by atoms with E-state index >= 15 is 0 Å². The summed E-state index contributed by atoms with van der Waals surface area (Å²) in [4.78, 5) is 11.0. The zero-order valence-electron chi connectivity index (χ0n) is 15.4. The first-order valence-corrected chi connectivity index (χ1v) is 10.8. The Bertz CT molecular complexity index is 1050. The van der Waals surface area contributed by atoms with Gasteiger partial charge in [-0.25, -0.2) is 17.9 Å². The quantitative estimate of drug-likeness (QED) is 0.622. The number of aliphatic carboxylic acids is 1. The third kappa shape index (κ3) is 3.78. The van der Waals surface area contributed by atoms with Crippen molar-refractivity contribution in [3.8, 4) is 5.75 Å². The largest absolute Gasteiger partial charge is 0.489 e. The van der Waals surface area contributed by atoms with Gasteiger partial charge in [0.15, 0.2) is 0 Å². The van der Waals surface area contributed by atoms with E-state index in [0.717, 1.165) is 11.6 Å². The number of carboxylic acids is 1. The molecule has 1 fully saturated rings. The van der Waals surface area contributed by atoms with E-state index in [1.54, 1.807) is 24.3 Å². The number of carbonyl (C=O) groups is 1. The third-order valence-electron chi connectivity index (χ3n) is 5.50. The van der Waals surface area contributed by atoms with Crippen molar-refractivity contribution < 1.29 is 28.2 Å². The van der Waals surface area contributed by atoms with Crippen LogP contribution in [0.1, 0.15) is 23.5 Å². The first-order chi connectivity index (χ1) is 13.9. The van der Waals surface area contributed by atoms with Crippen LogP contribution >= 0.6 is 0 Å². The van der Waals surface area contributed by atoms with Gasteiger partial charge < -0.3 is 14.9 Å². The summed E-state index contributed by atoms with van der Waals surface area (Å²) in [6.45, 7) is 0.0809. The predicted octanol–water partition coefficient (Wildman–Crippen LogP) is 1.99. The van der Waals surface area contributed by atoms with Gasteiger partial charge in [0.25, 0.3) is 0 Å². The van der Waals surface area contributed by atoms with E-state index in [9.17, 15) is 18.3 Å². The lowest BCUT2D eigenvalue weighted by Crippen LogP contribution is -2.34. The molecular weight excluding hydrogens is 394 g/mol.